The molecule has 1 aliphatic rings. The number of hydrogen-bond acceptors (Lipinski definition) is 8. The number of likely N-dealkylation sites (N-methyl/N-ethyl adjacent to an activating group) is 1. The van der Waals surface area contributed by atoms with Crippen molar-refractivity contribution >= 4 is 11.8 Å². The fourth-order valence-electron chi connectivity index (χ4n) is 4.41. The molecule has 2 amide bonds. The van der Waals surface area contributed by atoms with E-state index in [1.807, 2.05) is 44.2 Å². The Labute approximate surface area is 216 Å². The van der Waals surface area contributed by atoms with Gasteiger partial charge in [-0.1, -0.05) is 47.6 Å². The normalized spacial score (nSPS) is 20.0. The van der Waals surface area contributed by atoms with Crippen molar-refractivity contribution in [1.29, 1.82) is 0 Å². The zero-order valence-corrected chi connectivity index (χ0v) is 21.5. The summed E-state index contributed by atoms with van der Waals surface area (Å²) in [5.41, 5.74) is 1.85. The summed E-state index contributed by atoms with van der Waals surface area (Å²) in [5, 5.41) is 21.9. The van der Waals surface area contributed by atoms with E-state index in [2.05, 4.69) is 15.5 Å². The van der Waals surface area contributed by atoms with Crippen LogP contribution in [-0.2, 0) is 22.7 Å². The second-order valence-electron chi connectivity index (χ2n) is 9.58. The van der Waals surface area contributed by atoms with Gasteiger partial charge in [-0.25, -0.2) is 4.68 Å². The average Bonchev–Trinajstić information content (AvgIpc) is 3.58. The van der Waals surface area contributed by atoms with Crippen LogP contribution in [0.2, 0.25) is 0 Å². The molecular weight excluding hydrogens is 476 g/mol. The smallest absolute Gasteiger partial charge is 0.275 e. The number of hydrogen-bond donors (Lipinski definition) is 1. The molecule has 0 saturated carbocycles. The number of benzene rings is 1. The fraction of sp³-hybridized carbons (Fsp3) is 0.500. The lowest BCUT2D eigenvalue weighted by Gasteiger charge is -2.35. The fourth-order valence-corrected chi connectivity index (χ4v) is 4.41. The molecule has 0 saturated heterocycles. The first kappa shape index (κ1) is 26.5. The van der Waals surface area contributed by atoms with E-state index in [9.17, 15) is 14.7 Å². The summed E-state index contributed by atoms with van der Waals surface area (Å²) < 4.78 is 13.5. The minimum absolute atomic E-state index is 0.0325. The van der Waals surface area contributed by atoms with Crippen molar-refractivity contribution in [3.63, 3.8) is 0 Å². The largest absolute Gasteiger partial charge is 0.394 e. The molecular formula is C26H34N6O5. The van der Waals surface area contributed by atoms with Crippen molar-refractivity contribution in [2.75, 3.05) is 26.7 Å². The summed E-state index contributed by atoms with van der Waals surface area (Å²) in [6, 6.07) is 10.8. The Hall–Kier alpha value is -3.57. The number of fused-ring (bicyclic) bond motifs is 1. The Balaban J connectivity index is 1.52. The lowest BCUT2D eigenvalue weighted by Crippen LogP contribution is -2.48. The molecule has 0 fully saturated rings. The first-order valence-corrected chi connectivity index (χ1v) is 12.5. The van der Waals surface area contributed by atoms with Gasteiger partial charge in [0, 0.05) is 50.7 Å². The third-order valence-electron chi connectivity index (χ3n) is 6.73. The van der Waals surface area contributed by atoms with Crippen LogP contribution in [0.25, 0.3) is 11.3 Å². The second-order valence-corrected chi connectivity index (χ2v) is 9.58. The molecule has 0 spiro atoms. The van der Waals surface area contributed by atoms with Gasteiger partial charge in [0.15, 0.2) is 11.5 Å². The van der Waals surface area contributed by atoms with Crippen molar-refractivity contribution in [3.05, 3.63) is 54.0 Å². The molecule has 198 valence electrons. The predicted octanol–water partition coefficient (Wildman–Crippen LogP) is 2.23. The number of ether oxygens (including phenoxy) is 1. The summed E-state index contributed by atoms with van der Waals surface area (Å²) in [7, 11) is 1.69. The summed E-state index contributed by atoms with van der Waals surface area (Å²) in [4.78, 5) is 29.5. The molecule has 4 rings (SSSR count). The highest BCUT2D eigenvalue weighted by atomic mass is 16.5. The van der Waals surface area contributed by atoms with Crippen LogP contribution in [0.5, 0.6) is 0 Å². The molecule has 0 radical (unpaired) electrons. The van der Waals surface area contributed by atoms with E-state index in [-0.39, 0.29) is 49.2 Å². The highest BCUT2D eigenvalue weighted by Crippen LogP contribution is 2.22. The van der Waals surface area contributed by atoms with Gasteiger partial charge in [-0.15, -0.1) is 5.10 Å². The van der Waals surface area contributed by atoms with Crippen LogP contribution in [0.4, 0.5) is 0 Å². The molecule has 3 heterocycles. The standard InChI is InChI=1S/C26H34N6O5/c1-18-14-31(19(2)16-33)25(34)10-7-11-32-21(13-27-29-32)17-36-24(18)15-30(3)26(35)22-12-23(37-28-22)20-8-5-4-6-9-20/h4-6,8-9,12-13,18-19,24,33H,7,10-11,14-17H2,1-3H3/t18-,19+,24-/m0/s1. The van der Waals surface area contributed by atoms with Crippen molar-refractivity contribution < 1.29 is 24.0 Å². The maximum atomic E-state index is 13.2. The number of nitrogens with zero attached hydrogens (tertiary/aromatic N) is 6. The van der Waals surface area contributed by atoms with Crippen LogP contribution in [-0.4, -0.2) is 85.8 Å². The molecule has 0 bridgehead atoms. The van der Waals surface area contributed by atoms with Gasteiger partial charge in [0.2, 0.25) is 5.91 Å². The topological polar surface area (TPSA) is 127 Å². The van der Waals surface area contributed by atoms with Gasteiger partial charge in [-0.2, -0.15) is 0 Å². The van der Waals surface area contributed by atoms with Crippen LogP contribution in [0.3, 0.4) is 0 Å². The molecule has 11 heteroatoms. The van der Waals surface area contributed by atoms with Crippen LogP contribution in [0.1, 0.15) is 42.9 Å². The molecule has 11 nitrogen and oxygen atoms in total. The maximum Gasteiger partial charge on any atom is 0.275 e. The van der Waals surface area contributed by atoms with E-state index in [0.717, 1.165) is 11.3 Å². The minimum atomic E-state index is -0.404. The van der Waals surface area contributed by atoms with Crippen LogP contribution < -0.4 is 0 Å². The summed E-state index contributed by atoms with van der Waals surface area (Å²) in [6.07, 6.45) is 2.21. The third kappa shape index (κ3) is 6.41. The van der Waals surface area contributed by atoms with Gasteiger partial charge in [0.25, 0.3) is 5.91 Å². The van der Waals surface area contributed by atoms with Crippen molar-refractivity contribution in [3.8, 4) is 11.3 Å². The number of amides is 2. The van der Waals surface area contributed by atoms with Crippen LogP contribution in [0, 0.1) is 5.92 Å². The quantitative estimate of drug-likeness (QED) is 0.535. The minimum Gasteiger partial charge on any atom is -0.394 e. The lowest BCUT2D eigenvalue weighted by atomic mass is 10.0. The first-order valence-electron chi connectivity index (χ1n) is 12.5. The van der Waals surface area contributed by atoms with Crippen molar-refractivity contribution in [1.82, 2.24) is 30.0 Å². The van der Waals surface area contributed by atoms with E-state index >= 15 is 0 Å². The van der Waals surface area contributed by atoms with Gasteiger partial charge in [-0.05, 0) is 13.3 Å². The number of carbonyl (C=O) groups is 2. The maximum absolute atomic E-state index is 13.2. The van der Waals surface area contributed by atoms with E-state index in [1.54, 1.807) is 33.8 Å². The Bertz CT molecular complexity index is 1180. The Kier molecular flexibility index (Phi) is 8.67. The Morgan fingerprint density at radius 1 is 1.30 bits per heavy atom. The molecule has 2 aromatic heterocycles. The lowest BCUT2D eigenvalue weighted by molar-refractivity contribution is -0.136. The molecule has 1 aromatic carbocycles. The van der Waals surface area contributed by atoms with Crippen molar-refractivity contribution in [2.24, 2.45) is 5.92 Å². The van der Waals surface area contributed by atoms with Crippen molar-refractivity contribution in [2.45, 2.75) is 52.0 Å². The number of rotatable bonds is 6. The predicted molar refractivity (Wildman–Crippen MR) is 134 cm³/mol. The highest BCUT2D eigenvalue weighted by molar-refractivity contribution is 5.93. The Morgan fingerprint density at radius 2 is 2.08 bits per heavy atom. The third-order valence-corrected chi connectivity index (χ3v) is 6.73. The number of aliphatic hydroxyl groups excluding tert-OH is 1. The molecule has 0 aliphatic carbocycles. The summed E-state index contributed by atoms with van der Waals surface area (Å²) in [6.45, 7) is 5.16. The molecule has 37 heavy (non-hydrogen) atoms. The Morgan fingerprint density at radius 3 is 2.84 bits per heavy atom. The summed E-state index contributed by atoms with van der Waals surface area (Å²) in [5.74, 6) is 0.0566. The van der Waals surface area contributed by atoms with Gasteiger partial charge in [0.05, 0.1) is 37.3 Å². The van der Waals surface area contributed by atoms with E-state index in [4.69, 9.17) is 9.26 Å². The number of aryl methyl sites for hydroxylation is 1. The van der Waals surface area contributed by atoms with E-state index in [0.29, 0.717) is 31.7 Å². The number of aliphatic hydroxyl groups is 1. The van der Waals surface area contributed by atoms with Gasteiger partial charge in [0.1, 0.15) is 0 Å². The number of carbonyl (C=O) groups excluding carboxylic acids is 2. The molecule has 3 aromatic rings. The second kappa shape index (κ2) is 12.1. The highest BCUT2D eigenvalue weighted by Gasteiger charge is 2.30. The van der Waals surface area contributed by atoms with Crippen LogP contribution >= 0.6 is 0 Å². The zero-order valence-electron chi connectivity index (χ0n) is 21.5. The summed E-state index contributed by atoms with van der Waals surface area (Å²) >= 11 is 0. The average molecular weight is 511 g/mol. The number of aromatic nitrogens is 4. The molecule has 0 unspecified atom stereocenters. The van der Waals surface area contributed by atoms with Crippen LogP contribution in [0.15, 0.2) is 47.1 Å². The van der Waals surface area contributed by atoms with Gasteiger partial charge < -0.3 is 24.2 Å². The van der Waals surface area contributed by atoms with Gasteiger partial charge >= 0.3 is 0 Å². The zero-order chi connectivity index (χ0) is 26.4. The van der Waals surface area contributed by atoms with E-state index in [1.165, 1.54) is 0 Å². The first-order chi connectivity index (χ1) is 17.9. The SMILES string of the molecule is C[C@H](CO)N1C[C@H](C)[C@H](CN(C)C(=O)c2cc(-c3ccccc3)on2)OCc2cnnn2CCCC1=O. The van der Waals surface area contributed by atoms with E-state index < -0.39 is 6.10 Å². The monoisotopic (exact) mass is 510 g/mol. The molecule has 3 atom stereocenters. The molecule has 1 N–H and O–H groups in total. The molecule has 1 aliphatic heterocycles. The van der Waals surface area contributed by atoms with Gasteiger partial charge in [-0.3, -0.25) is 9.59 Å².